The SMILES string of the molecule is Nc1ccc(Oc2cc(-c3ccccc3)ncn2)cc1. The predicted molar refractivity (Wildman–Crippen MR) is 78.4 cm³/mol. The molecule has 0 amide bonds. The average molecular weight is 263 g/mol. The van der Waals surface area contributed by atoms with E-state index in [-0.39, 0.29) is 0 Å². The molecule has 0 radical (unpaired) electrons. The molecule has 4 heteroatoms. The molecular formula is C16H13N3O. The third kappa shape index (κ3) is 2.75. The quantitative estimate of drug-likeness (QED) is 0.734. The van der Waals surface area contributed by atoms with Crippen LogP contribution in [0.4, 0.5) is 5.69 Å². The van der Waals surface area contributed by atoms with Crippen LogP contribution in [0.15, 0.2) is 67.0 Å². The molecule has 0 spiro atoms. The van der Waals surface area contributed by atoms with Crippen LogP contribution in [0, 0.1) is 0 Å². The number of rotatable bonds is 3. The molecule has 0 fully saturated rings. The van der Waals surface area contributed by atoms with Crippen LogP contribution < -0.4 is 10.5 Å². The second-order valence-corrected chi connectivity index (χ2v) is 4.28. The average Bonchev–Trinajstić information content (AvgIpc) is 2.51. The lowest BCUT2D eigenvalue weighted by Crippen LogP contribution is -1.91. The minimum absolute atomic E-state index is 0.503. The number of hydrogen-bond donors (Lipinski definition) is 1. The van der Waals surface area contributed by atoms with Gasteiger partial charge in [-0.1, -0.05) is 30.3 Å². The van der Waals surface area contributed by atoms with E-state index in [1.807, 2.05) is 36.4 Å². The number of nitrogen functional groups attached to an aromatic ring is 1. The van der Waals surface area contributed by atoms with E-state index in [1.54, 1.807) is 24.3 Å². The molecule has 3 rings (SSSR count). The van der Waals surface area contributed by atoms with Gasteiger partial charge in [0.25, 0.3) is 0 Å². The molecule has 2 aromatic carbocycles. The zero-order chi connectivity index (χ0) is 13.8. The van der Waals surface area contributed by atoms with Crippen molar-refractivity contribution >= 4 is 5.69 Å². The molecule has 0 atom stereocenters. The number of hydrogen-bond acceptors (Lipinski definition) is 4. The van der Waals surface area contributed by atoms with Crippen LogP contribution in [0.3, 0.4) is 0 Å². The Bertz CT molecular complexity index is 696. The van der Waals surface area contributed by atoms with Gasteiger partial charge in [0.15, 0.2) is 0 Å². The lowest BCUT2D eigenvalue weighted by atomic mass is 10.1. The lowest BCUT2D eigenvalue weighted by molar-refractivity contribution is 0.462. The maximum atomic E-state index is 5.69. The van der Waals surface area contributed by atoms with Crippen LogP contribution in [0.2, 0.25) is 0 Å². The van der Waals surface area contributed by atoms with Gasteiger partial charge in [-0.2, -0.15) is 0 Å². The largest absolute Gasteiger partial charge is 0.439 e. The third-order valence-electron chi connectivity index (χ3n) is 2.81. The number of nitrogens with zero attached hydrogens (tertiary/aromatic N) is 2. The van der Waals surface area contributed by atoms with E-state index < -0.39 is 0 Å². The first-order valence-electron chi connectivity index (χ1n) is 6.22. The molecule has 20 heavy (non-hydrogen) atoms. The van der Waals surface area contributed by atoms with Crippen LogP contribution >= 0.6 is 0 Å². The fourth-order valence-electron chi connectivity index (χ4n) is 1.82. The first-order valence-corrected chi connectivity index (χ1v) is 6.22. The van der Waals surface area contributed by atoms with Crippen molar-refractivity contribution in [3.05, 3.63) is 67.0 Å². The van der Waals surface area contributed by atoms with Crippen LogP contribution in [0.5, 0.6) is 11.6 Å². The van der Waals surface area contributed by atoms with E-state index >= 15 is 0 Å². The van der Waals surface area contributed by atoms with Gasteiger partial charge in [-0.15, -0.1) is 0 Å². The Morgan fingerprint density at radius 3 is 2.35 bits per heavy atom. The van der Waals surface area contributed by atoms with Crippen molar-refractivity contribution in [2.75, 3.05) is 5.73 Å². The first kappa shape index (κ1) is 12.2. The molecule has 98 valence electrons. The molecule has 0 unspecified atom stereocenters. The lowest BCUT2D eigenvalue weighted by Gasteiger charge is -2.06. The summed E-state index contributed by atoms with van der Waals surface area (Å²) < 4.78 is 5.69. The standard InChI is InChI=1S/C16H13N3O/c17-13-6-8-14(9-7-13)20-16-10-15(18-11-19-16)12-4-2-1-3-5-12/h1-11H,17H2. The van der Waals surface area contributed by atoms with E-state index in [0.717, 1.165) is 11.3 Å². The van der Waals surface area contributed by atoms with E-state index in [0.29, 0.717) is 17.3 Å². The predicted octanol–water partition coefficient (Wildman–Crippen LogP) is 3.52. The van der Waals surface area contributed by atoms with E-state index in [4.69, 9.17) is 10.5 Å². The van der Waals surface area contributed by atoms with Gasteiger partial charge in [-0.3, -0.25) is 0 Å². The van der Waals surface area contributed by atoms with Crippen molar-refractivity contribution in [1.82, 2.24) is 9.97 Å². The van der Waals surface area contributed by atoms with Crippen molar-refractivity contribution in [3.8, 4) is 22.9 Å². The second kappa shape index (κ2) is 5.40. The van der Waals surface area contributed by atoms with Crippen molar-refractivity contribution in [3.63, 3.8) is 0 Å². The van der Waals surface area contributed by atoms with Crippen molar-refractivity contribution < 1.29 is 4.74 Å². The summed E-state index contributed by atoms with van der Waals surface area (Å²) in [5, 5.41) is 0. The Hall–Kier alpha value is -2.88. The van der Waals surface area contributed by atoms with Crippen molar-refractivity contribution in [1.29, 1.82) is 0 Å². The highest BCUT2D eigenvalue weighted by molar-refractivity contribution is 5.59. The molecule has 4 nitrogen and oxygen atoms in total. The highest BCUT2D eigenvalue weighted by Gasteiger charge is 2.03. The summed E-state index contributed by atoms with van der Waals surface area (Å²) >= 11 is 0. The van der Waals surface area contributed by atoms with E-state index in [1.165, 1.54) is 6.33 Å². The summed E-state index contributed by atoms with van der Waals surface area (Å²) in [6.07, 6.45) is 1.50. The molecule has 1 aromatic heterocycles. The summed E-state index contributed by atoms with van der Waals surface area (Å²) in [6.45, 7) is 0. The normalized spacial score (nSPS) is 10.2. The number of anilines is 1. The van der Waals surface area contributed by atoms with Gasteiger partial charge in [-0.25, -0.2) is 9.97 Å². The molecular weight excluding hydrogens is 250 g/mol. The fourth-order valence-corrected chi connectivity index (χ4v) is 1.82. The molecule has 0 saturated carbocycles. The summed E-state index contributed by atoms with van der Waals surface area (Å²) in [6, 6.07) is 18.9. The minimum atomic E-state index is 0.503. The minimum Gasteiger partial charge on any atom is -0.439 e. The Morgan fingerprint density at radius 1 is 0.850 bits per heavy atom. The first-order chi connectivity index (χ1) is 9.81. The van der Waals surface area contributed by atoms with Crippen LogP contribution in [0.1, 0.15) is 0 Å². The Kier molecular flexibility index (Phi) is 3.29. The number of nitrogens with two attached hydrogens (primary N) is 1. The van der Waals surface area contributed by atoms with E-state index in [2.05, 4.69) is 9.97 Å². The van der Waals surface area contributed by atoms with Gasteiger partial charge >= 0.3 is 0 Å². The summed E-state index contributed by atoms with van der Waals surface area (Å²) in [5.41, 5.74) is 8.19. The molecule has 0 saturated heterocycles. The van der Waals surface area contributed by atoms with E-state index in [9.17, 15) is 0 Å². The molecule has 1 heterocycles. The fraction of sp³-hybridized carbons (Fsp3) is 0. The Labute approximate surface area is 116 Å². The van der Waals surface area contributed by atoms with Gasteiger partial charge in [0.05, 0.1) is 5.69 Å². The Balaban J connectivity index is 1.86. The van der Waals surface area contributed by atoms with Crippen LogP contribution in [-0.2, 0) is 0 Å². The molecule has 0 aliphatic carbocycles. The van der Waals surface area contributed by atoms with Gasteiger partial charge in [0.1, 0.15) is 12.1 Å². The van der Waals surface area contributed by atoms with Crippen molar-refractivity contribution in [2.24, 2.45) is 0 Å². The van der Waals surface area contributed by atoms with Crippen molar-refractivity contribution in [2.45, 2.75) is 0 Å². The number of benzene rings is 2. The van der Waals surface area contributed by atoms with Gasteiger partial charge in [0.2, 0.25) is 5.88 Å². The molecule has 0 aliphatic rings. The summed E-state index contributed by atoms with van der Waals surface area (Å²) in [5.74, 6) is 1.19. The maximum absolute atomic E-state index is 5.69. The molecule has 0 bridgehead atoms. The summed E-state index contributed by atoms with van der Waals surface area (Å²) in [7, 11) is 0. The van der Waals surface area contributed by atoms with Gasteiger partial charge in [-0.05, 0) is 24.3 Å². The monoisotopic (exact) mass is 263 g/mol. The number of aromatic nitrogens is 2. The summed E-state index contributed by atoms with van der Waals surface area (Å²) in [4.78, 5) is 8.37. The zero-order valence-corrected chi connectivity index (χ0v) is 10.7. The highest BCUT2D eigenvalue weighted by Crippen LogP contribution is 2.24. The molecule has 3 aromatic rings. The van der Waals surface area contributed by atoms with Crippen LogP contribution in [-0.4, -0.2) is 9.97 Å². The Morgan fingerprint density at radius 2 is 1.60 bits per heavy atom. The number of ether oxygens (including phenoxy) is 1. The third-order valence-corrected chi connectivity index (χ3v) is 2.81. The maximum Gasteiger partial charge on any atom is 0.222 e. The zero-order valence-electron chi connectivity index (χ0n) is 10.7. The van der Waals surface area contributed by atoms with Gasteiger partial charge in [0, 0.05) is 17.3 Å². The van der Waals surface area contributed by atoms with Crippen LogP contribution in [0.25, 0.3) is 11.3 Å². The molecule has 0 aliphatic heterocycles. The van der Waals surface area contributed by atoms with Gasteiger partial charge < -0.3 is 10.5 Å². The molecule has 2 N–H and O–H groups in total. The second-order valence-electron chi connectivity index (χ2n) is 4.28. The topological polar surface area (TPSA) is 61.0 Å². The highest BCUT2D eigenvalue weighted by atomic mass is 16.5. The smallest absolute Gasteiger partial charge is 0.222 e.